The van der Waals surface area contributed by atoms with Gasteiger partial charge < -0.3 is 9.80 Å². The Labute approximate surface area is 210 Å². The van der Waals surface area contributed by atoms with Crippen LogP contribution in [0.4, 0.5) is 10.1 Å². The van der Waals surface area contributed by atoms with Crippen molar-refractivity contribution in [2.75, 3.05) is 32.1 Å². The highest BCUT2D eigenvalue weighted by atomic mass is 35.5. The fourth-order valence-electron chi connectivity index (χ4n) is 3.66. The van der Waals surface area contributed by atoms with Crippen molar-refractivity contribution in [1.82, 2.24) is 14.9 Å². The van der Waals surface area contributed by atoms with Gasteiger partial charge in [-0.15, -0.1) is 0 Å². The number of aromatic nitrogens is 2. The molecule has 0 aliphatic heterocycles. The van der Waals surface area contributed by atoms with Crippen molar-refractivity contribution in [3.63, 3.8) is 0 Å². The van der Waals surface area contributed by atoms with Gasteiger partial charge in [-0.05, 0) is 49.7 Å². The number of hydrogen-bond acceptors (Lipinski definition) is 5. The Hall–Kier alpha value is -3.58. The third-order valence-electron chi connectivity index (χ3n) is 5.58. The molecule has 1 amide bonds. The fraction of sp³-hybridized carbons (Fsp3) is 0.259. The maximum Gasteiger partial charge on any atom is 0.250 e. The summed E-state index contributed by atoms with van der Waals surface area (Å²) in [6, 6.07) is 9.49. The lowest BCUT2D eigenvalue weighted by Crippen LogP contribution is -2.33. The SMILES string of the molecule is C=C(C(=N)c1cc(Cl)ccc1F)c1ccc2ncc(N(CCC)C/C(=C\C)C(=O)N(C)C)cc2n1. The molecule has 3 aromatic rings. The van der Waals surface area contributed by atoms with Crippen LogP contribution in [0.2, 0.25) is 5.02 Å². The number of hydrogen-bond donors (Lipinski definition) is 1. The Kier molecular flexibility index (Phi) is 8.35. The molecule has 0 aliphatic carbocycles. The van der Waals surface area contributed by atoms with E-state index in [1.807, 2.05) is 19.1 Å². The number of nitrogens with zero attached hydrogens (tertiary/aromatic N) is 4. The van der Waals surface area contributed by atoms with Gasteiger partial charge in [0.05, 0.1) is 34.3 Å². The van der Waals surface area contributed by atoms with Crippen LogP contribution < -0.4 is 4.90 Å². The molecule has 2 aromatic heterocycles. The van der Waals surface area contributed by atoms with Crippen LogP contribution in [0.25, 0.3) is 16.6 Å². The van der Waals surface area contributed by atoms with Crippen molar-refractivity contribution in [2.45, 2.75) is 20.3 Å². The number of rotatable bonds is 9. The molecule has 0 unspecified atom stereocenters. The van der Waals surface area contributed by atoms with E-state index in [0.29, 0.717) is 33.9 Å². The molecule has 0 atom stereocenters. The number of halogens is 2. The van der Waals surface area contributed by atoms with Gasteiger partial charge in [0.25, 0.3) is 5.91 Å². The Morgan fingerprint density at radius 3 is 2.60 bits per heavy atom. The highest BCUT2D eigenvalue weighted by Crippen LogP contribution is 2.25. The van der Waals surface area contributed by atoms with Gasteiger partial charge in [0, 0.05) is 48.9 Å². The number of allylic oxidation sites excluding steroid dienone is 2. The zero-order valence-electron chi connectivity index (χ0n) is 20.4. The van der Waals surface area contributed by atoms with Crippen LogP contribution >= 0.6 is 11.6 Å². The Morgan fingerprint density at radius 2 is 1.94 bits per heavy atom. The van der Waals surface area contributed by atoms with E-state index in [2.05, 4.69) is 28.4 Å². The Bertz CT molecular complexity index is 1320. The molecule has 0 fully saturated rings. The number of carbonyl (C=O) groups is 1. The van der Waals surface area contributed by atoms with Crippen LogP contribution in [0.3, 0.4) is 0 Å². The zero-order valence-corrected chi connectivity index (χ0v) is 21.2. The molecule has 0 bridgehead atoms. The van der Waals surface area contributed by atoms with Gasteiger partial charge in [-0.2, -0.15) is 0 Å². The predicted octanol–water partition coefficient (Wildman–Crippen LogP) is 5.75. The lowest BCUT2D eigenvalue weighted by Gasteiger charge is -2.26. The smallest absolute Gasteiger partial charge is 0.250 e. The van der Waals surface area contributed by atoms with Crippen molar-refractivity contribution in [3.8, 4) is 0 Å². The van der Waals surface area contributed by atoms with E-state index in [1.54, 1.807) is 37.3 Å². The predicted molar refractivity (Wildman–Crippen MR) is 142 cm³/mol. The first-order valence-electron chi connectivity index (χ1n) is 11.3. The molecule has 0 spiro atoms. The number of carbonyl (C=O) groups excluding carboxylic acids is 1. The average Bonchev–Trinajstić information content (AvgIpc) is 2.85. The molecule has 3 rings (SSSR count). The van der Waals surface area contributed by atoms with Gasteiger partial charge in [-0.1, -0.05) is 31.2 Å². The molecule has 0 radical (unpaired) electrons. The second kappa shape index (κ2) is 11.2. The quantitative estimate of drug-likeness (QED) is 0.304. The minimum atomic E-state index is -0.549. The zero-order chi connectivity index (χ0) is 25.7. The fourth-order valence-corrected chi connectivity index (χ4v) is 3.83. The molecule has 6 nitrogen and oxygen atoms in total. The molecule has 1 N–H and O–H groups in total. The van der Waals surface area contributed by atoms with Gasteiger partial charge in [-0.25, -0.2) is 9.37 Å². The van der Waals surface area contributed by atoms with E-state index < -0.39 is 5.82 Å². The average molecular weight is 494 g/mol. The number of nitrogens with one attached hydrogen (secondary N) is 1. The van der Waals surface area contributed by atoms with E-state index in [0.717, 1.165) is 18.7 Å². The van der Waals surface area contributed by atoms with E-state index in [9.17, 15) is 9.18 Å². The normalized spacial score (nSPS) is 11.4. The summed E-state index contributed by atoms with van der Waals surface area (Å²) in [4.78, 5) is 25.4. The lowest BCUT2D eigenvalue weighted by molar-refractivity contribution is -0.124. The third-order valence-corrected chi connectivity index (χ3v) is 5.82. The minimum Gasteiger partial charge on any atom is -0.366 e. The van der Waals surface area contributed by atoms with E-state index in [4.69, 9.17) is 17.0 Å². The maximum atomic E-state index is 14.3. The van der Waals surface area contributed by atoms with E-state index in [1.165, 1.54) is 18.2 Å². The highest BCUT2D eigenvalue weighted by Gasteiger charge is 2.18. The number of anilines is 1. The second-order valence-electron chi connectivity index (χ2n) is 8.34. The summed E-state index contributed by atoms with van der Waals surface area (Å²) >= 11 is 6.00. The summed E-state index contributed by atoms with van der Waals surface area (Å²) in [5.41, 5.74) is 3.51. The Morgan fingerprint density at radius 1 is 1.20 bits per heavy atom. The van der Waals surface area contributed by atoms with Crippen molar-refractivity contribution < 1.29 is 9.18 Å². The minimum absolute atomic E-state index is 0.0363. The molecule has 0 aliphatic rings. The summed E-state index contributed by atoms with van der Waals surface area (Å²) < 4.78 is 14.3. The van der Waals surface area contributed by atoms with Crippen LogP contribution in [-0.4, -0.2) is 53.7 Å². The maximum absolute atomic E-state index is 14.3. The van der Waals surface area contributed by atoms with Crippen LogP contribution in [-0.2, 0) is 4.79 Å². The molecule has 8 heteroatoms. The largest absolute Gasteiger partial charge is 0.366 e. The molecule has 182 valence electrons. The molecule has 0 saturated carbocycles. The first kappa shape index (κ1) is 26.0. The first-order valence-corrected chi connectivity index (χ1v) is 11.7. The summed E-state index contributed by atoms with van der Waals surface area (Å²) in [6.07, 6.45) is 4.49. The summed E-state index contributed by atoms with van der Waals surface area (Å²) in [5, 5.41) is 8.79. The van der Waals surface area contributed by atoms with Crippen molar-refractivity contribution in [1.29, 1.82) is 5.41 Å². The van der Waals surface area contributed by atoms with Crippen LogP contribution in [0, 0.1) is 11.2 Å². The summed E-state index contributed by atoms with van der Waals surface area (Å²) in [5.74, 6) is -0.585. The monoisotopic (exact) mass is 493 g/mol. The van der Waals surface area contributed by atoms with Gasteiger partial charge in [0.15, 0.2) is 0 Å². The van der Waals surface area contributed by atoms with Gasteiger partial charge in [0.1, 0.15) is 5.82 Å². The molecule has 35 heavy (non-hydrogen) atoms. The van der Waals surface area contributed by atoms with Crippen molar-refractivity contribution in [3.05, 3.63) is 82.9 Å². The van der Waals surface area contributed by atoms with Gasteiger partial charge in [-0.3, -0.25) is 15.2 Å². The standard InChI is InChI=1S/C27H29ClFN5O/c1-6-12-34(16-18(7-2)27(35)33(4)5)20-14-25-24(31-15-20)11-10-23(32-25)17(3)26(30)21-13-19(28)8-9-22(21)29/h7-11,13-15,30H,3,6,12,16H2,1-2,4-5H3/b18-7+,30-26?. The second-order valence-corrected chi connectivity index (χ2v) is 8.78. The number of likely N-dealkylation sites (N-methyl/N-ethyl adjacent to an activating group) is 1. The molecular weight excluding hydrogens is 465 g/mol. The van der Waals surface area contributed by atoms with Crippen LogP contribution in [0.5, 0.6) is 0 Å². The summed E-state index contributed by atoms with van der Waals surface area (Å²) in [7, 11) is 3.47. The highest BCUT2D eigenvalue weighted by molar-refractivity contribution is 6.33. The molecule has 1 aromatic carbocycles. The Balaban J connectivity index is 1.95. The summed E-state index contributed by atoms with van der Waals surface area (Å²) in [6.45, 7) is 9.08. The van der Waals surface area contributed by atoms with Gasteiger partial charge >= 0.3 is 0 Å². The topological polar surface area (TPSA) is 73.2 Å². The van der Waals surface area contributed by atoms with E-state index >= 15 is 0 Å². The van der Waals surface area contributed by atoms with Gasteiger partial charge in [0.2, 0.25) is 0 Å². The van der Waals surface area contributed by atoms with Crippen molar-refractivity contribution >= 4 is 45.5 Å². The third kappa shape index (κ3) is 5.92. The first-order chi connectivity index (χ1) is 16.7. The van der Waals surface area contributed by atoms with Crippen molar-refractivity contribution in [2.24, 2.45) is 0 Å². The molecule has 0 saturated heterocycles. The number of benzene rings is 1. The molecular formula is C27H29ClFN5O. The number of amides is 1. The van der Waals surface area contributed by atoms with Crippen LogP contribution in [0.1, 0.15) is 31.5 Å². The van der Waals surface area contributed by atoms with E-state index in [-0.39, 0.29) is 22.8 Å². The number of fused-ring (bicyclic) bond motifs is 1. The number of pyridine rings is 2. The molecule has 2 heterocycles. The van der Waals surface area contributed by atoms with Crippen LogP contribution in [0.15, 0.2) is 60.8 Å². The lowest BCUT2D eigenvalue weighted by atomic mass is 10.00.